The van der Waals surface area contributed by atoms with Gasteiger partial charge in [0.25, 0.3) is 0 Å². The molecule has 82 valence electrons. The average Bonchev–Trinajstić information content (AvgIpc) is 2.69. The van der Waals surface area contributed by atoms with Crippen molar-refractivity contribution in [2.75, 3.05) is 13.1 Å². The second kappa shape index (κ2) is 3.81. The molecule has 0 bridgehead atoms. The van der Waals surface area contributed by atoms with Crippen molar-refractivity contribution < 1.29 is 13.2 Å². The molecule has 1 fully saturated rings. The van der Waals surface area contributed by atoms with Gasteiger partial charge in [0.1, 0.15) is 5.69 Å². The fourth-order valence-corrected chi connectivity index (χ4v) is 1.75. The molecule has 1 unspecified atom stereocenters. The number of nitrogens with zero attached hydrogens (tertiary/aromatic N) is 1. The van der Waals surface area contributed by atoms with Crippen molar-refractivity contribution in [1.29, 1.82) is 0 Å². The summed E-state index contributed by atoms with van der Waals surface area (Å²) >= 11 is 0. The summed E-state index contributed by atoms with van der Waals surface area (Å²) in [6, 6.07) is 2.57. The van der Waals surface area contributed by atoms with Crippen molar-refractivity contribution in [3.8, 4) is 0 Å². The topological polar surface area (TPSA) is 24.9 Å². The maximum atomic E-state index is 12.2. The lowest BCUT2D eigenvalue weighted by Crippen LogP contribution is -2.10. The summed E-state index contributed by atoms with van der Waals surface area (Å²) in [5, 5.41) is 3.17. The average molecular weight is 216 g/mol. The standard InChI is InChI=1S/C10H11F3N2/c11-10(12,13)9-2-1-7(6-15-9)8-3-4-14-5-8/h1-2,6,8,14H,3-5H2. The smallest absolute Gasteiger partial charge is 0.316 e. The van der Waals surface area contributed by atoms with Gasteiger partial charge in [0.05, 0.1) is 0 Å². The molecule has 1 aromatic heterocycles. The molecule has 0 radical (unpaired) electrons. The Hall–Kier alpha value is -1.10. The number of aromatic nitrogens is 1. The van der Waals surface area contributed by atoms with Gasteiger partial charge in [-0.1, -0.05) is 6.07 Å². The molecule has 2 nitrogen and oxygen atoms in total. The zero-order valence-corrected chi connectivity index (χ0v) is 8.01. The highest BCUT2D eigenvalue weighted by atomic mass is 19.4. The van der Waals surface area contributed by atoms with E-state index < -0.39 is 11.9 Å². The molecular weight excluding hydrogens is 205 g/mol. The fraction of sp³-hybridized carbons (Fsp3) is 0.500. The summed E-state index contributed by atoms with van der Waals surface area (Å²) in [6.45, 7) is 1.75. The second-order valence-corrected chi connectivity index (χ2v) is 3.66. The number of pyridine rings is 1. The Kier molecular flexibility index (Phi) is 2.65. The van der Waals surface area contributed by atoms with Crippen molar-refractivity contribution in [3.63, 3.8) is 0 Å². The van der Waals surface area contributed by atoms with Gasteiger partial charge in [-0.3, -0.25) is 4.98 Å². The molecule has 0 spiro atoms. The monoisotopic (exact) mass is 216 g/mol. The molecule has 1 saturated heterocycles. The van der Waals surface area contributed by atoms with Gasteiger partial charge < -0.3 is 5.32 Å². The first kappa shape index (κ1) is 10.4. The Morgan fingerprint density at radius 3 is 2.60 bits per heavy atom. The summed E-state index contributed by atoms with van der Waals surface area (Å²) in [4.78, 5) is 3.44. The summed E-state index contributed by atoms with van der Waals surface area (Å²) in [5.41, 5.74) is 0.0604. The highest BCUT2D eigenvalue weighted by Gasteiger charge is 2.32. The minimum absolute atomic E-state index is 0.305. The van der Waals surface area contributed by atoms with Crippen LogP contribution in [0.3, 0.4) is 0 Å². The third-order valence-electron chi connectivity index (χ3n) is 2.61. The number of halogens is 3. The van der Waals surface area contributed by atoms with Crippen molar-refractivity contribution >= 4 is 0 Å². The Bertz CT molecular complexity index is 326. The molecule has 0 saturated carbocycles. The van der Waals surface area contributed by atoms with E-state index in [0.29, 0.717) is 5.92 Å². The molecule has 1 aliphatic rings. The highest BCUT2D eigenvalue weighted by molar-refractivity contribution is 5.21. The van der Waals surface area contributed by atoms with Gasteiger partial charge in [0, 0.05) is 12.7 Å². The fourth-order valence-electron chi connectivity index (χ4n) is 1.75. The van der Waals surface area contributed by atoms with Crippen molar-refractivity contribution in [2.45, 2.75) is 18.5 Å². The molecular formula is C10H11F3N2. The maximum Gasteiger partial charge on any atom is 0.433 e. The van der Waals surface area contributed by atoms with Crippen LogP contribution >= 0.6 is 0 Å². The summed E-state index contributed by atoms with van der Waals surface area (Å²) in [5.74, 6) is 0.305. The molecule has 1 atom stereocenters. The number of rotatable bonds is 1. The van der Waals surface area contributed by atoms with Gasteiger partial charge in [-0.15, -0.1) is 0 Å². The second-order valence-electron chi connectivity index (χ2n) is 3.66. The first-order valence-corrected chi connectivity index (χ1v) is 4.81. The minimum Gasteiger partial charge on any atom is -0.316 e. The van der Waals surface area contributed by atoms with E-state index in [2.05, 4.69) is 10.3 Å². The SMILES string of the molecule is FC(F)(F)c1ccc(C2CCNC2)cn1. The van der Waals surface area contributed by atoms with Crippen molar-refractivity contribution in [3.05, 3.63) is 29.6 Å². The molecule has 1 aliphatic heterocycles. The highest BCUT2D eigenvalue weighted by Crippen LogP contribution is 2.29. The third-order valence-corrected chi connectivity index (χ3v) is 2.61. The van der Waals surface area contributed by atoms with Crippen LogP contribution in [0.1, 0.15) is 23.6 Å². The molecule has 0 aromatic carbocycles. The number of nitrogens with one attached hydrogen (secondary N) is 1. The lowest BCUT2D eigenvalue weighted by Gasteiger charge is -2.10. The van der Waals surface area contributed by atoms with Crippen LogP contribution < -0.4 is 5.32 Å². The predicted molar refractivity (Wildman–Crippen MR) is 49.5 cm³/mol. The normalized spacial score (nSPS) is 21.9. The predicted octanol–water partition coefficient (Wildman–Crippen LogP) is 2.18. The van der Waals surface area contributed by atoms with Gasteiger partial charge in [0.15, 0.2) is 0 Å². The van der Waals surface area contributed by atoms with Crippen LogP contribution in [0.5, 0.6) is 0 Å². The summed E-state index contributed by atoms with van der Waals surface area (Å²) in [7, 11) is 0. The molecule has 1 N–H and O–H groups in total. The zero-order valence-electron chi connectivity index (χ0n) is 8.01. The van der Waals surface area contributed by atoms with Crippen molar-refractivity contribution in [2.24, 2.45) is 0 Å². The number of hydrogen-bond donors (Lipinski definition) is 1. The van der Waals surface area contributed by atoms with Crippen LogP contribution in [0.15, 0.2) is 18.3 Å². The number of hydrogen-bond acceptors (Lipinski definition) is 2. The summed E-state index contributed by atoms with van der Waals surface area (Å²) < 4.78 is 36.7. The van der Waals surface area contributed by atoms with Crippen LogP contribution in [-0.4, -0.2) is 18.1 Å². The van der Waals surface area contributed by atoms with E-state index in [1.54, 1.807) is 0 Å². The van der Waals surface area contributed by atoms with Crippen LogP contribution in [0, 0.1) is 0 Å². The lowest BCUT2D eigenvalue weighted by molar-refractivity contribution is -0.141. The van der Waals surface area contributed by atoms with Crippen LogP contribution in [0.25, 0.3) is 0 Å². The zero-order chi connectivity index (χ0) is 10.9. The molecule has 0 aliphatic carbocycles. The Morgan fingerprint density at radius 1 is 1.33 bits per heavy atom. The first-order valence-electron chi connectivity index (χ1n) is 4.81. The molecule has 5 heteroatoms. The maximum absolute atomic E-state index is 12.2. The quantitative estimate of drug-likeness (QED) is 0.778. The molecule has 15 heavy (non-hydrogen) atoms. The van der Waals surface area contributed by atoms with Crippen LogP contribution in [0.2, 0.25) is 0 Å². The summed E-state index contributed by atoms with van der Waals surface area (Å²) in [6.07, 6.45) is -2.04. The Morgan fingerprint density at radius 2 is 2.13 bits per heavy atom. The minimum atomic E-state index is -4.34. The van der Waals surface area contributed by atoms with Gasteiger partial charge in [-0.05, 0) is 30.5 Å². The first-order chi connectivity index (χ1) is 7.07. The van der Waals surface area contributed by atoms with E-state index in [4.69, 9.17) is 0 Å². The van der Waals surface area contributed by atoms with E-state index >= 15 is 0 Å². The third kappa shape index (κ3) is 2.28. The van der Waals surface area contributed by atoms with E-state index in [1.165, 1.54) is 12.3 Å². The number of alkyl halides is 3. The van der Waals surface area contributed by atoms with Gasteiger partial charge in [-0.25, -0.2) is 0 Å². The van der Waals surface area contributed by atoms with Crippen LogP contribution in [-0.2, 0) is 6.18 Å². The Labute approximate surface area is 85.5 Å². The van der Waals surface area contributed by atoms with Gasteiger partial charge in [0.2, 0.25) is 0 Å². The van der Waals surface area contributed by atoms with Gasteiger partial charge in [-0.2, -0.15) is 13.2 Å². The lowest BCUT2D eigenvalue weighted by atomic mass is 10.0. The van der Waals surface area contributed by atoms with Crippen LogP contribution in [0.4, 0.5) is 13.2 Å². The van der Waals surface area contributed by atoms with E-state index in [-0.39, 0.29) is 0 Å². The van der Waals surface area contributed by atoms with E-state index in [9.17, 15) is 13.2 Å². The van der Waals surface area contributed by atoms with Crippen molar-refractivity contribution in [1.82, 2.24) is 10.3 Å². The van der Waals surface area contributed by atoms with E-state index in [0.717, 1.165) is 31.1 Å². The van der Waals surface area contributed by atoms with E-state index in [1.807, 2.05) is 0 Å². The molecule has 1 aromatic rings. The molecule has 2 heterocycles. The molecule has 0 amide bonds. The largest absolute Gasteiger partial charge is 0.433 e. The van der Waals surface area contributed by atoms with Gasteiger partial charge >= 0.3 is 6.18 Å². The molecule has 2 rings (SSSR count). The Balaban J connectivity index is 2.16.